The van der Waals surface area contributed by atoms with Gasteiger partial charge in [-0.3, -0.25) is 4.79 Å². The Morgan fingerprint density at radius 1 is 1.06 bits per heavy atom. The number of rotatable bonds is 4. The molecule has 0 aromatic heterocycles. The lowest BCUT2D eigenvalue weighted by molar-refractivity contribution is -0.119. The van der Waals surface area contributed by atoms with Crippen molar-refractivity contribution in [1.82, 2.24) is 15.1 Å². The zero-order chi connectivity index (χ0) is 24.3. The largest absolute Gasteiger partial charge is 0.444 e. The van der Waals surface area contributed by atoms with Crippen molar-refractivity contribution < 1.29 is 17.2 Å². The fourth-order valence-electron chi connectivity index (χ4n) is 6.21. The van der Waals surface area contributed by atoms with E-state index in [1.54, 1.807) is 6.92 Å². The van der Waals surface area contributed by atoms with Crippen LogP contribution in [0.1, 0.15) is 92.7 Å². The average Bonchev–Trinajstić information content (AvgIpc) is 2.80. The van der Waals surface area contributed by atoms with Gasteiger partial charge in [0, 0.05) is 22.9 Å². The fraction of sp³-hybridized carbons (Fsp3) is 0.714. The van der Waals surface area contributed by atoms with Gasteiger partial charge in [-0.25, -0.2) is 4.79 Å². The number of carbonyl (C=O) groups is 2. The Balaban J connectivity index is 0.00000228. The number of hydrogen-bond donors (Lipinski definition) is 1. The molecule has 192 valence electrons. The normalized spacial score (nSPS) is 23.4. The minimum Gasteiger partial charge on any atom is -0.444 e. The number of benzene rings is 1. The van der Waals surface area contributed by atoms with E-state index in [1.807, 2.05) is 25.7 Å². The molecule has 1 aliphatic carbocycles. The summed E-state index contributed by atoms with van der Waals surface area (Å²) in [5.74, 6) is 0.755. The number of hydrogen-bond acceptors (Lipinski definition) is 4. The van der Waals surface area contributed by atoms with Crippen LogP contribution in [0.25, 0.3) is 0 Å². The van der Waals surface area contributed by atoms with Gasteiger partial charge in [0.2, 0.25) is 5.91 Å². The standard InChI is InChI=1S/C28H43N3O3.2H2/c1-21(32)29-25-9-13-28(24-8-6-5-7-23(24)25)14-19-30(20-15-28)16-10-22-11-17-31(18-12-22)26(33)34-27(2,3)4;;/h5-8,22,25H,9-20H2,1-4H3,(H,29,32);2*1H/t25-;;/m0../s1. The van der Waals surface area contributed by atoms with Gasteiger partial charge in [0.15, 0.2) is 0 Å². The number of fused-ring (bicyclic) bond motifs is 2. The summed E-state index contributed by atoms with van der Waals surface area (Å²) >= 11 is 0. The lowest BCUT2D eigenvalue weighted by atomic mass is 9.63. The lowest BCUT2D eigenvalue weighted by Crippen LogP contribution is -2.47. The number of piperidine rings is 2. The Bertz CT molecular complexity index is 873. The highest BCUT2D eigenvalue weighted by Gasteiger charge is 2.42. The number of carbonyl (C=O) groups excluding carboxylic acids is 2. The number of amides is 2. The van der Waals surface area contributed by atoms with Crippen molar-refractivity contribution >= 4 is 12.0 Å². The van der Waals surface area contributed by atoms with E-state index < -0.39 is 5.60 Å². The van der Waals surface area contributed by atoms with E-state index in [9.17, 15) is 9.59 Å². The maximum absolute atomic E-state index is 12.3. The smallest absolute Gasteiger partial charge is 0.410 e. The van der Waals surface area contributed by atoms with Crippen LogP contribution in [0.5, 0.6) is 0 Å². The minimum atomic E-state index is -0.427. The van der Waals surface area contributed by atoms with E-state index in [0.717, 1.165) is 58.4 Å². The molecule has 1 aromatic carbocycles. The van der Waals surface area contributed by atoms with Gasteiger partial charge in [0.1, 0.15) is 5.60 Å². The van der Waals surface area contributed by atoms with Gasteiger partial charge in [0.25, 0.3) is 0 Å². The summed E-state index contributed by atoms with van der Waals surface area (Å²) in [5.41, 5.74) is 2.63. The Labute approximate surface area is 208 Å². The van der Waals surface area contributed by atoms with E-state index in [-0.39, 0.29) is 26.3 Å². The second kappa shape index (κ2) is 10.3. The first-order valence-corrected chi connectivity index (χ1v) is 13.2. The first-order valence-electron chi connectivity index (χ1n) is 13.2. The molecule has 2 saturated heterocycles. The van der Waals surface area contributed by atoms with Crippen LogP contribution in [-0.4, -0.2) is 60.1 Å². The van der Waals surface area contributed by atoms with Crippen LogP contribution in [0, 0.1) is 5.92 Å². The third kappa shape index (κ3) is 5.94. The summed E-state index contributed by atoms with van der Waals surface area (Å²) in [6.07, 6.45) is 7.81. The highest BCUT2D eigenvalue weighted by molar-refractivity contribution is 5.73. The summed E-state index contributed by atoms with van der Waals surface area (Å²) in [6, 6.07) is 8.94. The molecular formula is C28H47N3O3. The van der Waals surface area contributed by atoms with Crippen LogP contribution in [0.3, 0.4) is 0 Å². The molecule has 3 aliphatic rings. The molecule has 0 bridgehead atoms. The molecule has 0 saturated carbocycles. The van der Waals surface area contributed by atoms with Crippen molar-refractivity contribution in [3.63, 3.8) is 0 Å². The Kier molecular flexibility index (Phi) is 7.56. The zero-order valence-electron chi connectivity index (χ0n) is 21.6. The van der Waals surface area contributed by atoms with Crippen molar-refractivity contribution in [3.8, 4) is 0 Å². The summed E-state index contributed by atoms with van der Waals surface area (Å²) < 4.78 is 5.53. The molecule has 2 heterocycles. The molecule has 1 aromatic rings. The molecule has 2 fully saturated rings. The first kappa shape index (κ1) is 25.0. The molecule has 6 heteroatoms. The van der Waals surface area contributed by atoms with E-state index in [1.165, 1.54) is 30.4 Å². The number of nitrogens with zero attached hydrogens (tertiary/aromatic N) is 2. The van der Waals surface area contributed by atoms with Gasteiger partial charge in [-0.05, 0) is 108 Å². The summed E-state index contributed by atoms with van der Waals surface area (Å²) in [6.45, 7) is 12.5. The van der Waals surface area contributed by atoms with E-state index in [4.69, 9.17) is 4.74 Å². The van der Waals surface area contributed by atoms with Crippen LogP contribution in [0.15, 0.2) is 24.3 Å². The van der Waals surface area contributed by atoms with Crippen molar-refractivity contribution in [1.29, 1.82) is 0 Å². The molecule has 0 radical (unpaired) electrons. The van der Waals surface area contributed by atoms with E-state index in [2.05, 4.69) is 34.5 Å². The van der Waals surface area contributed by atoms with Crippen molar-refractivity contribution in [2.24, 2.45) is 5.92 Å². The van der Waals surface area contributed by atoms with Crippen LogP contribution < -0.4 is 5.32 Å². The molecule has 0 unspecified atom stereocenters. The van der Waals surface area contributed by atoms with Gasteiger partial charge in [-0.2, -0.15) is 0 Å². The maximum atomic E-state index is 12.3. The van der Waals surface area contributed by atoms with Gasteiger partial charge in [0.05, 0.1) is 6.04 Å². The number of likely N-dealkylation sites (tertiary alicyclic amines) is 2. The molecule has 4 rings (SSSR count). The Morgan fingerprint density at radius 2 is 1.74 bits per heavy atom. The predicted octanol–water partition coefficient (Wildman–Crippen LogP) is 5.52. The molecule has 2 aliphatic heterocycles. The van der Waals surface area contributed by atoms with Crippen LogP contribution in [0.2, 0.25) is 0 Å². The van der Waals surface area contributed by atoms with Crippen LogP contribution in [-0.2, 0) is 14.9 Å². The highest BCUT2D eigenvalue weighted by Crippen LogP contribution is 2.48. The summed E-state index contributed by atoms with van der Waals surface area (Å²) in [4.78, 5) is 28.5. The molecule has 6 nitrogen and oxygen atoms in total. The third-order valence-electron chi connectivity index (χ3n) is 8.13. The third-order valence-corrected chi connectivity index (χ3v) is 8.13. The van der Waals surface area contributed by atoms with Crippen LogP contribution >= 0.6 is 0 Å². The zero-order valence-corrected chi connectivity index (χ0v) is 21.6. The van der Waals surface area contributed by atoms with Gasteiger partial charge in [-0.15, -0.1) is 0 Å². The summed E-state index contributed by atoms with van der Waals surface area (Å²) in [7, 11) is 0. The quantitative estimate of drug-likeness (QED) is 0.625. The highest BCUT2D eigenvalue weighted by atomic mass is 16.6. The number of nitrogens with one attached hydrogen (secondary N) is 1. The van der Waals surface area contributed by atoms with Crippen LogP contribution in [0.4, 0.5) is 4.79 Å². The fourth-order valence-corrected chi connectivity index (χ4v) is 6.21. The van der Waals surface area contributed by atoms with Crippen molar-refractivity contribution in [2.45, 2.75) is 89.7 Å². The molecule has 2 amide bonds. The summed E-state index contributed by atoms with van der Waals surface area (Å²) in [5, 5.41) is 3.16. The van der Waals surface area contributed by atoms with E-state index in [0.29, 0.717) is 5.92 Å². The minimum absolute atomic E-state index is 0. The topological polar surface area (TPSA) is 61.9 Å². The second-order valence-electron chi connectivity index (χ2n) is 11.7. The predicted molar refractivity (Wildman–Crippen MR) is 139 cm³/mol. The molecule has 1 spiro atoms. The van der Waals surface area contributed by atoms with Crippen molar-refractivity contribution in [3.05, 3.63) is 35.4 Å². The Morgan fingerprint density at radius 3 is 2.38 bits per heavy atom. The van der Waals surface area contributed by atoms with Gasteiger partial charge < -0.3 is 19.9 Å². The molecular weight excluding hydrogens is 426 g/mol. The number of ether oxygens (including phenoxy) is 1. The SMILES string of the molecule is CC(=O)N[C@H]1CCC2(CCN(CCC3CCN(C(=O)OC(C)(C)C)CC3)CC2)c2ccccc21.[HH].[HH]. The second-order valence-corrected chi connectivity index (χ2v) is 11.7. The Hall–Kier alpha value is -2.08. The van der Waals surface area contributed by atoms with Gasteiger partial charge >= 0.3 is 6.09 Å². The van der Waals surface area contributed by atoms with Gasteiger partial charge in [-0.1, -0.05) is 24.3 Å². The first-order chi connectivity index (χ1) is 16.2. The monoisotopic (exact) mass is 473 g/mol. The maximum Gasteiger partial charge on any atom is 0.410 e. The van der Waals surface area contributed by atoms with E-state index >= 15 is 0 Å². The molecule has 34 heavy (non-hydrogen) atoms. The van der Waals surface area contributed by atoms with Crippen molar-refractivity contribution in [2.75, 3.05) is 32.7 Å². The lowest BCUT2D eigenvalue weighted by Gasteiger charge is -2.47. The average molecular weight is 474 g/mol. The molecule has 1 N–H and O–H groups in total. The molecule has 1 atom stereocenters.